The zero-order valence-corrected chi connectivity index (χ0v) is 17.5. The maximum absolute atomic E-state index is 12.8. The van der Waals surface area contributed by atoms with Crippen molar-refractivity contribution in [2.75, 3.05) is 0 Å². The first-order valence-electron chi connectivity index (χ1n) is 10.3. The number of amides is 2. The van der Waals surface area contributed by atoms with Gasteiger partial charge in [-0.2, -0.15) is 5.10 Å². The largest absolute Gasteiger partial charge is 0.290 e. The standard InChI is InChI=1S/C25H22N4O3/c1-2-29-25(32)21-15-9-8-14-20(21)22(28-29)24(31)27-26-23(30)19-13-7-6-12-18(19)16-17-10-4-3-5-11-17/h3-15H,2,16H2,1H3,(H,26,30)(H,27,31). The third-order valence-corrected chi connectivity index (χ3v) is 5.17. The van der Waals surface area contributed by atoms with E-state index < -0.39 is 11.8 Å². The lowest BCUT2D eigenvalue weighted by Crippen LogP contribution is -2.43. The average molecular weight is 426 g/mol. The molecule has 4 rings (SSSR count). The van der Waals surface area contributed by atoms with Crippen LogP contribution in [-0.4, -0.2) is 21.6 Å². The fraction of sp³-hybridized carbons (Fsp3) is 0.120. The van der Waals surface area contributed by atoms with Crippen molar-refractivity contribution in [1.82, 2.24) is 20.6 Å². The fourth-order valence-corrected chi connectivity index (χ4v) is 3.57. The van der Waals surface area contributed by atoms with E-state index in [2.05, 4.69) is 16.0 Å². The summed E-state index contributed by atoms with van der Waals surface area (Å²) in [6.45, 7) is 2.10. The fourth-order valence-electron chi connectivity index (χ4n) is 3.57. The predicted octanol–water partition coefficient (Wildman–Crippen LogP) is 3.08. The monoisotopic (exact) mass is 426 g/mol. The van der Waals surface area contributed by atoms with Crippen LogP contribution in [0.15, 0.2) is 83.7 Å². The minimum atomic E-state index is -0.600. The summed E-state index contributed by atoms with van der Waals surface area (Å²) >= 11 is 0. The van der Waals surface area contributed by atoms with Gasteiger partial charge in [-0.25, -0.2) is 4.68 Å². The minimum Gasteiger partial charge on any atom is -0.267 e. The zero-order chi connectivity index (χ0) is 22.5. The van der Waals surface area contributed by atoms with Crippen LogP contribution in [0.4, 0.5) is 0 Å². The van der Waals surface area contributed by atoms with Gasteiger partial charge in [0, 0.05) is 17.5 Å². The smallest absolute Gasteiger partial charge is 0.267 e. The molecule has 0 aliphatic rings. The van der Waals surface area contributed by atoms with E-state index in [1.807, 2.05) is 42.5 Å². The van der Waals surface area contributed by atoms with Crippen molar-refractivity contribution >= 4 is 22.6 Å². The van der Waals surface area contributed by atoms with Gasteiger partial charge >= 0.3 is 0 Å². The van der Waals surface area contributed by atoms with Crippen molar-refractivity contribution in [2.45, 2.75) is 19.9 Å². The van der Waals surface area contributed by atoms with Gasteiger partial charge in [-0.15, -0.1) is 0 Å². The Morgan fingerprint density at radius 1 is 0.812 bits per heavy atom. The van der Waals surface area contributed by atoms with E-state index in [4.69, 9.17) is 0 Å². The molecule has 3 aromatic carbocycles. The Labute approximate surface area is 184 Å². The molecule has 0 aliphatic carbocycles. The average Bonchev–Trinajstić information content (AvgIpc) is 2.84. The number of benzene rings is 3. The lowest BCUT2D eigenvalue weighted by Gasteiger charge is -2.13. The Hall–Kier alpha value is -4.26. The van der Waals surface area contributed by atoms with Crippen LogP contribution in [0.5, 0.6) is 0 Å². The molecular formula is C25H22N4O3. The molecule has 4 aromatic rings. The second-order valence-corrected chi connectivity index (χ2v) is 7.24. The molecule has 0 saturated carbocycles. The number of nitrogens with one attached hydrogen (secondary N) is 2. The summed E-state index contributed by atoms with van der Waals surface area (Å²) in [5.41, 5.74) is 7.10. The van der Waals surface area contributed by atoms with Gasteiger partial charge < -0.3 is 0 Å². The first-order chi connectivity index (χ1) is 15.6. The lowest BCUT2D eigenvalue weighted by atomic mass is 9.99. The number of hydrogen-bond donors (Lipinski definition) is 2. The van der Waals surface area contributed by atoms with Crippen molar-refractivity contribution in [2.24, 2.45) is 0 Å². The normalized spacial score (nSPS) is 10.7. The number of rotatable bonds is 5. The molecule has 0 bridgehead atoms. The van der Waals surface area contributed by atoms with Crippen LogP contribution in [-0.2, 0) is 13.0 Å². The van der Waals surface area contributed by atoms with Crippen molar-refractivity contribution in [3.05, 3.63) is 112 Å². The zero-order valence-electron chi connectivity index (χ0n) is 17.5. The third-order valence-electron chi connectivity index (χ3n) is 5.17. The Morgan fingerprint density at radius 2 is 1.44 bits per heavy atom. The van der Waals surface area contributed by atoms with Gasteiger partial charge in [-0.1, -0.05) is 66.7 Å². The van der Waals surface area contributed by atoms with E-state index in [-0.39, 0.29) is 11.3 Å². The first kappa shape index (κ1) is 21.0. The lowest BCUT2D eigenvalue weighted by molar-refractivity contribution is 0.0843. The second-order valence-electron chi connectivity index (χ2n) is 7.24. The molecule has 0 radical (unpaired) electrons. The van der Waals surface area contributed by atoms with Gasteiger partial charge in [0.15, 0.2) is 5.69 Å². The van der Waals surface area contributed by atoms with E-state index in [0.717, 1.165) is 11.1 Å². The van der Waals surface area contributed by atoms with E-state index in [0.29, 0.717) is 29.3 Å². The summed E-state index contributed by atoms with van der Waals surface area (Å²) in [6.07, 6.45) is 0.589. The highest BCUT2D eigenvalue weighted by Crippen LogP contribution is 2.15. The van der Waals surface area contributed by atoms with Crippen LogP contribution in [0, 0.1) is 0 Å². The van der Waals surface area contributed by atoms with Gasteiger partial charge in [-0.3, -0.25) is 25.2 Å². The Balaban J connectivity index is 1.55. The highest BCUT2D eigenvalue weighted by molar-refractivity contribution is 6.06. The van der Waals surface area contributed by atoms with E-state index in [1.165, 1.54) is 4.68 Å². The topological polar surface area (TPSA) is 93.1 Å². The van der Waals surface area contributed by atoms with Crippen LogP contribution >= 0.6 is 0 Å². The number of carbonyl (C=O) groups is 2. The van der Waals surface area contributed by atoms with Crippen LogP contribution < -0.4 is 16.4 Å². The number of carbonyl (C=O) groups excluding carboxylic acids is 2. The van der Waals surface area contributed by atoms with Crippen LogP contribution in [0.3, 0.4) is 0 Å². The molecule has 1 aromatic heterocycles. The van der Waals surface area contributed by atoms with E-state index in [1.54, 1.807) is 43.3 Å². The molecule has 0 aliphatic heterocycles. The Morgan fingerprint density at radius 3 is 2.19 bits per heavy atom. The molecule has 0 atom stereocenters. The van der Waals surface area contributed by atoms with Crippen LogP contribution in [0.25, 0.3) is 10.8 Å². The number of hydrazine groups is 1. The predicted molar refractivity (Wildman–Crippen MR) is 122 cm³/mol. The third kappa shape index (κ3) is 4.27. The molecule has 2 N–H and O–H groups in total. The number of aromatic nitrogens is 2. The number of aryl methyl sites for hydroxylation is 1. The molecule has 0 fully saturated rings. The summed E-state index contributed by atoms with van der Waals surface area (Å²) in [7, 11) is 0. The van der Waals surface area contributed by atoms with Crippen molar-refractivity contribution in [3.63, 3.8) is 0 Å². The summed E-state index contributed by atoms with van der Waals surface area (Å²) in [4.78, 5) is 38.1. The molecule has 160 valence electrons. The van der Waals surface area contributed by atoms with Crippen molar-refractivity contribution < 1.29 is 9.59 Å². The second kappa shape index (κ2) is 9.26. The van der Waals surface area contributed by atoms with E-state index in [9.17, 15) is 14.4 Å². The molecule has 32 heavy (non-hydrogen) atoms. The maximum atomic E-state index is 12.8. The van der Waals surface area contributed by atoms with Crippen molar-refractivity contribution in [1.29, 1.82) is 0 Å². The van der Waals surface area contributed by atoms with Gasteiger partial charge in [0.1, 0.15) is 0 Å². The molecule has 0 saturated heterocycles. The highest BCUT2D eigenvalue weighted by Gasteiger charge is 2.18. The Kier molecular flexibility index (Phi) is 6.07. The maximum Gasteiger partial charge on any atom is 0.290 e. The quantitative estimate of drug-likeness (QED) is 0.480. The van der Waals surface area contributed by atoms with Crippen LogP contribution in [0.1, 0.15) is 38.9 Å². The summed E-state index contributed by atoms with van der Waals surface area (Å²) in [6, 6.07) is 23.9. The molecule has 7 heteroatoms. The number of fused-ring (bicyclic) bond motifs is 1. The molecule has 1 heterocycles. The van der Waals surface area contributed by atoms with E-state index >= 15 is 0 Å². The highest BCUT2D eigenvalue weighted by atomic mass is 16.2. The molecular weight excluding hydrogens is 404 g/mol. The van der Waals surface area contributed by atoms with Gasteiger partial charge in [0.25, 0.3) is 17.4 Å². The van der Waals surface area contributed by atoms with Gasteiger partial charge in [0.2, 0.25) is 0 Å². The molecule has 0 unspecified atom stereocenters. The number of nitrogens with zero attached hydrogens (tertiary/aromatic N) is 2. The minimum absolute atomic E-state index is 0.0694. The summed E-state index contributed by atoms with van der Waals surface area (Å²) in [5, 5.41) is 5.01. The first-order valence-corrected chi connectivity index (χ1v) is 10.3. The summed E-state index contributed by atoms with van der Waals surface area (Å²) < 4.78 is 1.23. The van der Waals surface area contributed by atoms with Crippen molar-refractivity contribution in [3.8, 4) is 0 Å². The van der Waals surface area contributed by atoms with Crippen LogP contribution in [0.2, 0.25) is 0 Å². The van der Waals surface area contributed by atoms with Gasteiger partial charge in [0.05, 0.1) is 5.39 Å². The van der Waals surface area contributed by atoms with Gasteiger partial charge in [-0.05, 0) is 36.6 Å². The molecule has 7 nitrogen and oxygen atoms in total. The Bertz CT molecular complexity index is 1350. The summed E-state index contributed by atoms with van der Waals surface area (Å²) in [5.74, 6) is -1.03. The molecule has 0 spiro atoms. The number of hydrogen-bond acceptors (Lipinski definition) is 4. The molecule has 2 amide bonds. The SMILES string of the molecule is CCn1nc(C(=O)NNC(=O)c2ccccc2Cc2ccccc2)c2ccccc2c1=O.